The molecule has 1 aromatic carbocycles. The van der Waals surface area contributed by atoms with Crippen LogP contribution in [0.2, 0.25) is 0 Å². The van der Waals surface area contributed by atoms with Gasteiger partial charge in [0.05, 0.1) is 6.26 Å². The van der Waals surface area contributed by atoms with Crippen LogP contribution in [0.5, 0.6) is 0 Å². The van der Waals surface area contributed by atoms with Crippen LogP contribution in [0.4, 0.5) is 0 Å². The van der Waals surface area contributed by atoms with Crippen LogP contribution in [0.25, 0.3) is 0 Å². The van der Waals surface area contributed by atoms with Crippen LogP contribution < -0.4 is 0 Å². The maximum Gasteiger partial charge on any atom is 0.325 e. The molecule has 0 bridgehead atoms. The van der Waals surface area contributed by atoms with Crippen molar-refractivity contribution in [3.63, 3.8) is 0 Å². The van der Waals surface area contributed by atoms with Gasteiger partial charge in [0, 0.05) is 10.0 Å². The molecule has 5 nitrogen and oxygen atoms in total. The van der Waals surface area contributed by atoms with Gasteiger partial charge < -0.3 is 0 Å². The molecule has 0 saturated heterocycles. The van der Waals surface area contributed by atoms with Crippen molar-refractivity contribution in [3.8, 4) is 6.07 Å². The third-order valence-corrected chi connectivity index (χ3v) is 2.36. The van der Waals surface area contributed by atoms with Crippen molar-refractivity contribution < 1.29 is 12.7 Å². The van der Waals surface area contributed by atoms with Gasteiger partial charge in [0.1, 0.15) is 6.07 Å². The zero-order chi connectivity index (χ0) is 12.2. The molecular weight excluding hydrogens is 296 g/mol. The number of oxime groups is 1. The van der Waals surface area contributed by atoms with Crippen molar-refractivity contribution >= 4 is 31.8 Å². The lowest BCUT2D eigenvalue weighted by atomic mass is 10.1. The predicted octanol–water partition coefficient (Wildman–Crippen LogP) is 1.65. The number of halogens is 1. The molecular formula is C9H7BrN2O3S. The van der Waals surface area contributed by atoms with E-state index >= 15 is 0 Å². The summed E-state index contributed by atoms with van der Waals surface area (Å²) in [7, 11) is -3.69. The maximum atomic E-state index is 10.7. The Morgan fingerprint density at radius 2 is 2.00 bits per heavy atom. The van der Waals surface area contributed by atoms with E-state index in [0.29, 0.717) is 5.56 Å². The van der Waals surface area contributed by atoms with E-state index in [1.165, 1.54) is 0 Å². The van der Waals surface area contributed by atoms with Gasteiger partial charge in [-0.25, -0.2) is 0 Å². The summed E-state index contributed by atoms with van der Waals surface area (Å²) in [6.07, 6.45) is 0.854. The normalized spacial score (nSPS) is 11.9. The number of hydrogen-bond acceptors (Lipinski definition) is 5. The van der Waals surface area contributed by atoms with E-state index in [1.54, 1.807) is 30.3 Å². The molecule has 0 fully saturated rings. The van der Waals surface area contributed by atoms with Crippen LogP contribution in [0.1, 0.15) is 5.56 Å². The van der Waals surface area contributed by atoms with Gasteiger partial charge in [-0.05, 0) is 12.1 Å². The van der Waals surface area contributed by atoms with Crippen LogP contribution in [0.3, 0.4) is 0 Å². The Labute approximate surface area is 102 Å². The van der Waals surface area contributed by atoms with E-state index in [0.717, 1.165) is 10.7 Å². The zero-order valence-electron chi connectivity index (χ0n) is 8.21. The summed E-state index contributed by atoms with van der Waals surface area (Å²) in [6.45, 7) is 0. The predicted molar refractivity (Wildman–Crippen MR) is 62.2 cm³/mol. The Kier molecular flexibility index (Phi) is 4.04. The quantitative estimate of drug-likeness (QED) is 0.628. The molecule has 0 saturated carbocycles. The van der Waals surface area contributed by atoms with E-state index in [-0.39, 0.29) is 5.71 Å². The number of rotatable bonds is 3. The third-order valence-electron chi connectivity index (χ3n) is 1.49. The molecule has 0 amide bonds. The average Bonchev–Trinajstić information content (AvgIpc) is 2.20. The van der Waals surface area contributed by atoms with Crippen molar-refractivity contribution in [1.82, 2.24) is 0 Å². The molecule has 0 aliphatic rings. The molecule has 1 aromatic rings. The first kappa shape index (κ1) is 12.7. The van der Waals surface area contributed by atoms with Crippen molar-refractivity contribution in [2.45, 2.75) is 0 Å². The molecule has 16 heavy (non-hydrogen) atoms. The van der Waals surface area contributed by atoms with Crippen molar-refractivity contribution in [2.75, 3.05) is 6.26 Å². The molecule has 0 spiro atoms. The Balaban J connectivity index is 3.00. The Morgan fingerprint density at radius 1 is 1.44 bits per heavy atom. The number of hydrogen-bond donors (Lipinski definition) is 0. The standard InChI is InChI=1S/C9H7BrN2O3S/c1-16(13,14)15-12-9(6-11)7-2-4-8(10)5-3-7/h2-5H,1H3/b12-9+. The van der Waals surface area contributed by atoms with Gasteiger partial charge in [-0.3, -0.25) is 4.28 Å². The summed E-state index contributed by atoms with van der Waals surface area (Å²) in [5, 5.41) is 12.0. The first-order valence-corrected chi connectivity index (χ1v) is 6.66. The molecule has 0 N–H and O–H groups in total. The molecule has 0 radical (unpaired) electrons. The van der Waals surface area contributed by atoms with E-state index in [2.05, 4.69) is 25.4 Å². The van der Waals surface area contributed by atoms with Gasteiger partial charge in [-0.15, -0.1) is 0 Å². The minimum Gasteiger partial charge on any atom is -0.267 e. The summed E-state index contributed by atoms with van der Waals surface area (Å²) >= 11 is 3.24. The molecule has 0 heterocycles. The van der Waals surface area contributed by atoms with Crippen LogP contribution in [0, 0.1) is 11.3 Å². The van der Waals surface area contributed by atoms with Gasteiger partial charge in [-0.1, -0.05) is 33.2 Å². The third kappa shape index (κ3) is 4.00. The molecule has 1 rings (SSSR count). The van der Waals surface area contributed by atoms with Gasteiger partial charge in [0.15, 0.2) is 5.71 Å². The summed E-state index contributed by atoms with van der Waals surface area (Å²) in [5.74, 6) is 0. The van der Waals surface area contributed by atoms with Crippen molar-refractivity contribution in [3.05, 3.63) is 34.3 Å². The summed E-state index contributed by atoms with van der Waals surface area (Å²) in [4.78, 5) is 0. The van der Waals surface area contributed by atoms with Gasteiger partial charge in [0.2, 0.25) is 0 Å². The fourth-order valence-corrected chi connectivity index (χ4v) is 1.32. The summed E-state index contributed by atoms with van der Waals surface area (Å²) < 4.78 is 26.4. The van der Waals surface area contributed by atoms with Gasteiger partial charge >= 0.3 is 10.1 Å². The second-order valence-electron chi connectivity index (χ2n) is 2.84. The number of nitrogens with zero attached hydrogens (tertiary/aromatic N) is 2. The van der Waals surface area contributed by atoms with E-state index in [4.69, 9.17) is 5.26 Å². The summed E-state index contributed by atoms with van der Waals surface area (Å²) in [6, 6.07) is 8.42. The van der Waals surface area contributed by atoms with Crippen LogP contribution in [-0.2, 0) is 14.4 Å². The SMILES string of the molecule is CS(=O)(=O)O/N=C(\C#N)c1ccc(Br)cc1. The van der Waals surface area contributed by atoms with Gasteiger partial charge in [0.25, 0.3) is 0 Å². The fourth-order valence-electron chi connectivity index (χ4n) is 0.850. The average molecular weight is 303 g/mol. The molecule has 0 atom stereocenters. The molecule has 84 valence electrons. The van der Waals surface area contributed by atoms with Gasteiger partial charge in [-0.2, -0.15) is 13.7 Å². The fraction of sp³-hybridized carbons (Fsp3) is 0.111. The zero-order valence-corrected chi connectivity index (χ0v) is 10.6. The van der Waals surface area contributed by atoms with Crippen molar-refractivity contribution in [1.29, 1.82) is 5.26 Å². The summed E-state index contributed by atoms with van der Waals surface area (Å²) in [5.41, 5.74) is 0.382. The molecule has 0 aromatic heterocycles. The number of nitriles is 1. The molecule has 0 aliphatic heterocycles. The first-order valence-electron chi connectivity index (χ1n) is 4.05. The monoisotopic (exact) mass is 302 g/mol. The minimum atomic E-state index is -3.69. The minimum absolute atomic E-state index is 0.0991. The maximum absolute atomic E-state index is 10.7. The lowest BCUT2D eigenvalue weighted by Crippen LogP contribution is -2.03. The lowest BCUT2D eigenvalue weighted by Gasteiger charge is -1.98. The second kappa shape index (κ2) is 5.09. The van der Waals surface area contributed by atoms with Crippen LogP contribution in [0.15, 0.2) is 33.9 Å². The van der Waals surface area contributed by atoms with Crippen LogP contribution >= 0.6 is 15.9 Å². The molecule has 7 heteroatoms. The second-order valence-corrected chi connectivity index (χ2v) is 5.31. The Hall–Kier alpha value is -1.39. The first-order chi connectivity index (χ1) is 7.42. The smallest absolute Gasteiger partial charge is 0.267 e. The molecule has 0 aliphatic carbocycles. The molecule has 0 unspecified atom stereocenters. The highest BCUT2D eigenvalue weighted by atomic mass is 79.9. The Morgan fingerprint density at radius 3 is 2.44 bits per heavy atom. The van der Waals surface area contributed by atoms with E-state index in [9.17, 15) is 8.42 Å². The number of benzene rings is 1. The highest BCUT2D eigenvalue weighted by molar-refractivity contribution is 9.10. The highest BCUT2D eigenvalue weighted by Crippen LogP contribution is 2.11. The highest BCUT2D eigenvalue weighted by Gasteiger charge is 2.06. The lowest BCUT2D eigenvalue weighted by molar-refractivity contribution is 0.344. The largest absolute Gasteiger partial charge is 0.325 e. The van der Waals surface area contributed by atoms with E-state index in [1.807, 2.05) is 0 Å². The van der Waals surface area contributed by atoms with Crippen molar-refractivity contribution in [2.24, 2.45) is 5.16 Å². The Bertz CT molecular complexity index is 543. The topological polar surface area (TPSA) is 79.5 Å². The van der Waals surface area contributed by atoms with Crippen LogP contribution in [-0.4, -0.2) is 20.4 Å². The van der Waals surface area contributed by atoms with E-state index < -0.39 is 10.1 Å².